The number of methoxy groups -OCH3 is 2. The van der Waals surface area contributed by atoms with Gasteiger partial charge in [0.1, 0.15) is 6.61 Å². The molecule has 2 N–H and O–H groups in total. The van der Waals surface area contributed by atoms with E-state index in [1.165, 1.54) is 0 Å². The fourth-order valence-electron chi connectivity index (χ4n) is 1.60. The largest absolute Gasteiger partial charge is 0.493 e. The van der Waals surface area contributed by atoms with E-state index < -0.39 is 12.7 Å². The molecule has 0 saturated carbocycles. The highest BCUT2D eigenvalue weighted by Crippen LogP contribution is 2.27. The van der Waals surface area contributed by atoms with Crippen LogP contribution in [0.15, 0.2) is 18.2 Å². The van der Waals surface area contributed by atoms with Crippen LogP contribution in [-0.2, 0) is 11.5 Å². The maximum Gasteiger partial charge on any atom is 0.160 e. The third-order valence-corrected chi connectivity index (χ3v) is 2.61. The van der Waals surface area contributed by atoms with Gasteiger partial charge in [0.2, 0.25) is 0 Å². The fraction of sp³-hybridized carbons (Fsp3) is 0.538. The Morgan fingerprint density at radius 1 is 1.28 bits per heavy atom. The Labute approximate surface area is 107 Å². The van der Waals surface area contributed by atoms with Crippen LogP contribution in [0.3, 0.4) is 0 Å². The van der Waals surface area contributed by atoms with Crippen molar-refractivity contribution < 1.29 is 19.7 Å². The van der Waals surface area contributed by atoms with E-state index in [0.717, 1.165) is 12.0 Å². The van der Waals surface area contributed by atoms with E-state index >= 15 is 0 Å². The summed E-state index contributed by atoms with van der Waals surface area (Å²) in [7, 11) is 3.20. The van der Waals surface area contributed by atoms with Crippen molar-refractivity contribution >= 4 is 0 Å². The van der Waals surface area contributed by atoms with Gasteiger partial charge in [-0.25, -0.2) is 5.11 Å². The van der Waals surface area contributed by atoms with Gasteiger partial charge in [-0.1, -0.05) is 6.07 Å². The molecule has 5 nitrogen and oxygen atoms in total. The summed E-state index contributed by atoms with van der Waals surface area (Å²) in [5, 5.41) is 22.5. The number of hydrogen-bond donors (Lipinski definition) is 2. The second-order valence-electron chi connectivity index (χ2n) is 3.96. The molecule has 1 atom stereocenters. The molecule has 101 valence electrons. The van der Waals surface area contributed by atoms with Gasteiger partial charge in [0.15, 0.2) is 11.5 Å². The normalized spacial score (nSPS) is 12.2. The lowest BCUT2D eigenvalue weighted by Crippen LogP contribution is -2.30. The van der Waals surface area contributed by atoms with Crippen molar-refractivity contribution in [2.24, 2.45) is 0 Å². The number of ether oxygens (including phenoxy) is 2. The van der Waals surface area contributed by atoms with E-state index in [1.807, 2.05) is 18.2 Å². The number of aliphatic hydroxyl groups is 1. The second kappa shape index (κ2) is 7.92. The summed E-state index contributed by atoms with van der Waals surface area (Å²) in [6, 6.07) is 5.75. The van der Waals surface area contributed by atoms with Crippen LogP contribution in [0, 0.1) is 0 Å². The van der Waals surface area contributed by atoms with Gasteiger partial charge in [0.05, 0.1) is 20.3 Å². The van der Waals surface area contributed by atoms with E-state index in [-0.39, 0.29) is 0 Å². The van der Waals surface area contributed by atoms with Crippen molar-refractivity contribution in [3.63, 3.8) is 0 Å². The van der Waals surface area contributed by atoms with E-state index in [1.54, 1.807) is 14.2 Å². The van der Waals surface area contributed by atoms with E-state index in [9.17, 15) is 5.11 Å². The quantitative estimate of drug-likeness (QED) is 0.667. The predicted molar refractivity (Wildman–Crippen MR) is 67.7 cm³/mol. The molecule has 5 heteroatoms. The lowest BCUT2D eigenvalue weighted by Gasteiger charge is -2.11. The third kappa shape index (κ3) is 4.52. The molecule has 1 unspecified atom stereocenters. The van der Waals surface area contributed by atoms with Crippen LogP contribution >= 0.6 is 0 Å². The first-order valence-corrected chi connectivity index (χ1v) is 5.89. The van der Waals surface area contributed by atoms with Crippen molar-refractivity contribution in [2.45, 2.75) is 12.5 Å². The molecule has 0 saturated heterocycles. The molecule has 1 radical (unpaired) electrons. The summed E-state index contributed by atoms with van der Waals surface area (Å²) < 4.78 is 10.4. The van der Waals surface area contributed by atoms with Crippen LogP contribution < -0.4 is 14.8 Å². The molecule has 1 aromatic rings. The zero-order chi connectivity index (χ0) is 13.4. The van der Waals surface area contributed by atoms with E-state index in [2.05, 4.69) is 5.32 Å². The van der Waals surface area contributed by atoms with Crippen molar-refractivity contribution in [1.29, 1.82) is 0 Å². The minimum absolute atomic E-state index is 0.330. The highest BCUT2D eigenvalue weighted by molar-refractivity contribution is 5.42. The van der Waals surface area contributed by atoms with Gasteiger partial charge in [-0.05, 0) is 30.7 Å². The van der Waals surface area contributed by atoms with Crippen LogP contribution in [0.25, 0.3) is 0 Å². The van der Waals surface area contributed by atoms with Crippen LogP contribution in [0.2, 0.25) is 0 Å². The van der Waals surface area contributed by atoms with E-state index in [0.29, 0.717) is 24.6 Å². The minimum atomic E-state index is -0.810. The van der Waals surface area contributed by atoms with Crippen LogP contribution in [-0.4, -0.2) is 45.1 Å². The first-order valence-electron chi connectivity index (χ1n) is 5.89. The second-order valence-corrected chi connectivity index (χ2v) is 3.96. The van der Waals surface area contributed by atoms with Crippen molar-refractivity contribution in [1.82, 2.24) is 5.32 Å². The Hall–Kier alpha value is -1.30. The number of benzene rings is 1. The molecule has 0 amide bonds. The molecule has 0 aliphatic rings. The Kier molecular flexibility index (Phi) is 6.49. The van der Waals surface area contributed by atoms with Gasteiger partial charge >= 0.3 is 0 Å². The topological polar surface area (TPSA) is 70.6 Å². The average Bonchev–Trinajstić information content (AvgIpc) is 2.42. The summed E-state index contributed by atoms with van der Waals surface area (Å²) >= 11 is 0. The average molecular weight is 254 g/mol. The molecule has 0 aromatic heterocycles. The van der Waals surface area contributed by atoms with Gasteiger partial charge in [0.25, 0.3) is 0 Å². The summed E-state index contributed by atoms with van der Waals surface area (Å²) in [6.45, 7) is 0.562. The first-order chi connectivity index (χ1) is 8.71. The highest BCUT2D eigenvalue weighted by Gasteiger charge is 2.05. The number of rotatable bonds is 8. The fourth-order valence-corrected chi connectivity index (χ4v) is 1.60. The lowest BCUT2D eigenvalue weighted by atomic mass is 10.1. The Morgan fingerprint density at radius 3 is 2.61 bits per heavy atom. The maximum absolute atomic E-state index is 10.3. The molecule has 0 aliphatic carbocycles. The zero-order valence-electron chi connectivity index (χ0n) is 10.8. The number of hydrogen-bond acceptors (Lipinski definition) is 4. The number of nitrogens with one attached hydrogen (secondary N) is 1. The molecule has 0 heterocycles. The SMILES string of the molecule is COc1ccc(CCNCC(O)C[O])cc1OC. The molecule has 0 spiro atoms. The summed E-state index contributed by atoms with van der Waals surface area (Å²) in [5.74, 6) is 1.41. The summed E-state index contributed by atoms with van der Waals surface area (Å²) in [5.41, 5.74) is 1.11. The molecule has 0 fully saturated rings. The molecule has 0 aliphatic heterocycles. The van der Waals surface area contributed by atoms with Crippen molar-refractivity contribution in [3.05, 3.63) is 23.8 Å². The van der Waals surface area contributed by atoms with E-state index in [4.69, 9.17) is 14.6 Å². The van der Waals surface area contributed by atoms with Crippen LogP contribution in [0.5, 0.6) is 11.5 Å². The molecular formula is C13H20NO4. The van der Waals surface area contributed by atoms with Gasteiger partial charge in [-0.3, -0.25) is 0 Å². The Balaban J connectivity index is 2.43. The molecule has 18 heavy (non-hydrogen) atoms. The van der Waals surface area contributed by atoms with Crippen molar-refractivity contribution in [2.75, 3.05) is 33.9 Å². The highest BCUT2D eigenvalue weighted by atomic mass is 16.5. The van der Waals surface area contributed by atoms with Gasteiger partial charge in [0, 0.05) is 6.54 Å². The predicted octanol–water partition coefficient (Wildman–Crippen LogP) is 0.627. The third-order valence-electron chi connectivity index (χ3n) is 2.61. The summed E-state index contributed by atoms with van der Waals surface area (Å²) in [6.07, 6.45) is -0.0123. The van der Waals surface area contributed by atoms with Gasteiger partial charge < -0.3 is 19.9 Å². The first kappa shape index (κ1) is 14.8. The number of aliphatic hydroxyl groups excluding tert-OH is 1. The van der Waals surface area contributed by atoms with Gasteiger partial charge in [-0.15, -0.1) is 0 Å². The summed E-state index contributed by atoms with van der Waals surface area (Å²) in [4.78, 5) is 0. The Morgan fingerprint density at radius 2 is 2.00 bits per heavy atom. The Bertz CT molecular complexity index is 357. The maximum atomic E-state index is 10.3. The molecule has 0 bridgehead atoms. The zero-order valence-corrected chi connectivity index (χ0v) is 10.8. The monoisotopic (exact) mass is 254 g/mol. The lowest BCUT2D eigenvalue weighted by molar-refractivity contribution is 0.0557. The minimum Gasteiger partial charge on any atom is -0.493 e. The standard InChI is InChI=1S/C13H20NO4/c1-17-12-4-3-10(7-13(12)18-2)5-6-14-8-11(16)9-15/h3-4,7,11,14,16H,5-6,8-9H2,1-2H3. The van der Waals surface area contributed by atoms with Crippen LogP contribution in [0.1, 0.15) is 5.56 Å². The molecular weight excluding hydrogens is 234 g/mol. The van der Waals surface area contributed by atoms with Crippen molar-refractivity contribution in [3.8, 4) is 11.5 Å². The molecule has 1 aromatic carbocycles. The molecule has 1 rings (SSSR count). The van der Waals surface area contributed by atoms with Crippen LogP contribution in [0.4, 0.5) is 0 Å². The smallest absolute Gasteiger partial charge is 0.160 e. The van der Waals surface area contributed by atoms with Gasteiger partial charge in [-0.2, -0.15) is 0 Å².